The first kappa shape index (κ1) is 12.1. The van der Waals surface area contributed by atoms with Gasteiger partial charge in [-0.15, -0.1) is 0 Å². The molecule has 16 heavy (non-hydrogen) atoms. The molecule has 0 bridgehead atoms. The van der Waals surface area contributed by atoms with Crippen LogP contribution in [0.25, 0.3) is 0 Å². The summed E-state index contributed by atoms with van der Waals surface area (Å²) >= 11 is 3.04. The summed E-state index contributed by atoms with van der Waals surface area (Å²) in [5, 5.41) is 28.3. The monoisotopic (exact) mass is 284 g/mol. The van der Waals surface area contributed by atoms with Crippen molar-refractivity contribution >= 4 is 27.6 Å². The third-order valence-corrected chi connectivity index (χ3v) is 2.52. The maximum atomic E-state index is 10.8. The van der Waals surface area contributed by atoms with E-state index in [0.29, 0.717) is 0 Å². The van der Waals surface area contributed by atoms with Crippen LogP contribution in [0.1, 0.15) is 21.5 Å². The molecule has 0 spiro atoms. The molecular weight excluding hydrogens is 280 g/mol. The Kier molecular flexibility index (Phi) is 3.58. The van der Waals surface area contributed by atoms with E-state index in [9.17, 15) is 14.9 Å². The number of rotatable bonds is 3. The minimum Gasteiger partial charge on any atom is -0.478 e. The number of carboxylic acid groups (broad SMARTS) is 1. The van der Waals surface area contributed by atoms with Crippen LogP contribution in [0.3, 0.4) is 0 Å². The van der Waals surface area contributed by atoms with Gasteiger partial charge in [0.1, 0.15) is 11.6 Å². The number of hydrogen-bond acceptors (Lipinski definition) is 4. The number of carboxylic acids is 1. The van der Waals surface area contributed by atoms with Crippen LogP contribution in [0.4, 0.5) is 5.69 Å². The van der Waals surface area contributed by atoms with Gasteiger partial charge < -0.3 is 5.11 Å². The van der Waals surface area contributed by atoms with E-state index in [2.05, 4.69) is 15.9 Å². The molecule has 82 valence electrons. The number of alkyl halides is 1. The number of aromatic carboxylic acids is 1. The Hall–Kier alpha value is -1.94. The van der Waals surface area contributed by atoms with Gasteiger partial charge in [0.2, 0.25) is 0 Å². The molecule has 7 heteroatoms. The summed E-state index contributed by atoms with van der Waals surface area (Å²) in [6.45, 7) is 0. The lowest BCUT2D eigenvalue weighted by molar-refractivity contribution is -0.385. The number of hydrogen-bond donors (Lipinski definition) is 1. The Morgan fingerprint density at radius 3 is 2.62 bits per heavy atom. The second kappa shape index (κ2) is 4.72. The highest BCUT2D eigenvalue weighted by molar-refractivity contribution is 9.08. The number of nitro benzene ring substituents is 1. The molecule has 0 heterocycles. The van der Waals surface area contributed by atoms with E-state index in [1.807, 2.05) is 0 Å². The average Bonchev–Trinajstić information content (AvgIpc) is 2.26. The Morgan fingerprint density at radius 2 is 2.25 bits per heavy atom. The molecule has 1 aromatic carbocycles. The van der Waals surface area contributed by atoms with E-state index in [0.717, 1.165) is 12.1 Å². The van der Waals surface area contributed by atoms with E-state index in [1.54, 1.807) is 6.07 Å². The second-order valence-corrected chi connectivity index (χ2v) is 3.39. The largest absolute Gasteiger partial charge is 0.478 e. The van der Waals surface area contributed by atoms with Gasteiger partial charge in [0.05, 0.1) is 10.5 Å². The highest BCUT2D eigenvalue weighted by Crippen LogP contribution is 2.24. The molecule has 0 radical (unpaired) electrons. The van der Waals surface area contributed by atoms with Gasteiger partial charge in [-0.2, -0.15) is 5.26 Å². The van der Waals surface area contributed by atoms with E-state index >= 15 is 0 Å². The highest BCUT2D eigenvalue weighted by atomic mass is 79.9. The van der Waals surface area contributed by atoms with Crippen LogP contribution in [-0.4, -0.2) is 16.0 Å². The highest BCUT2D eigenvalue weighted by Gasteiger charge is 2.20. The van der Waals surface area contributed by atoms with Crippen molar-refractivity contribution in [2.75, 3.05) is 0 Å². The minimum atomic E-state index is -1.22. The van der Waals surface area contributed by atoms with Crippen LogP contribution in [0, 0.1) is 21.4 Å². The van der Waals surface area contributed by atoms with Crippen LogP contribution in [0.5, 0.6) is 0 Å². The van der Waals surface area contributed by atoms with E-state index in [4.69, 9.17) is 10.4 Å². The van der Waals surface area contributed by atoms with Crippen molar-refractivity contribution in [2.45, 2.75) is 5.33 Å². The number of nitriles is 1. The first-order chi connectivity index (χ1) is 7.51. The average molecular weight is 285 g/mol. The van der Waals surface area contributed by atoms with Crippen molar-refractivity contribution in [1.82, 2.24) is 0 Å². The second-order valence-electron chi connectivity index (χ2n) is 2.83. The van der Waals surface area contributed by atoms with Crippen molar-refractivity contribution in [3.8, 4) is 6.07 Å². The van der Waals surface area contributed by atoms with Crippen LogP contribution in [0.2, 0.25) is 0 Å². The van der Waals surface area contributed by atoms with E-state index in [-0.39, 0.29) is 27.7 Å². The molecule has 0 saturated carbocycles. The van der Waals surface area contributed by atoms with Crippen molar-refractivity contribution in [3.05, 3.63) is 38.9 Å². The smallest absolute Gasteiger partial charge is 0.336 e. The summed E-state index contributed by atoms with van der Waals surface area (Å²) in [6, 6.07) is 3.71. The molecule has 1 N–H and O–H groups in total. The van der Waals surface area contributed by atoms with Crippen molar-refractivity contribution in [3.63, 3.8) is 0 Å². The molecule has 0 atom stereocenters. The number of halogens is 1. The minimum absolute atomic E-state index is 0.112. The molecular formula is C9H5BrN2O4. The third kappa shape index (κ3) is 2.17. The first-order valence-electron chi connectivity index (χ1n) is 4.02. The molecule has 0 aliphatic carbocycles. The summed E-state index contributed by atoms with van der Waals surface area (Å²) in [6.07, 6.45) is 0. The van der Waals surface area contributed by atoms with Gasteiger partial charge in [0, 0.05) is 11.4 Å². The van der Waals surface area contributed by atoms with Gasteiger partial charge in [-0.3, -0.25) is 10.1 Å². The maximum absolute atomic E-state index is 10.8. The molecule has 0 aliphatic rings. The van der Waals surface area contributed by atoms with Crippen LogP contribution in [-0.2, 0) is 5.33 Å². The Bertz CT molecular complexity index is 507. The Morgan fingerprint density at radius 1 is 1.62 bits per heavy atom. The van der Waals surface area contributed by atoms with Crippen LogP contribution >= 0.6 is 15.9 Å². The Balaban J connectivity index is 3.54. The normalized spacial score (nSPS) is 9.50. The van der Waals surface area contributed by atoms with Crippen molar-refractivity contribution in [1.29, 1.82) is 5.26 Å². The molecule has 0 unspecified atom stereocenters. The maximum Gasteiger partial charge on any atom is 0.336 e. The van der Waals surface area contributed by atoms with E-state index in [1.165, 1.54) is 0 Å². The zero-order valence-corrected chi connectivity index (χ0v) is 9.39. The molecule has 1 aromatic rings. The number of benzene rings is 1. The lowest BCUT2D eigenvalue weighted by Gasteiger charge is -2.03. The summed E-state index contributed by atoms with van der Waals surface area (Å²) in [5.41, 5.74) is -0.494. The fourth-order valence-electron chi connectivity index (χ4n) is 1.18. The molecule has 0 aromatic heterocycles. The van der Waals surface area contributed by atoms with Crippen LogP contribution in [0.15, 0.2) is 12.1 Å². The molecule has 6 nitrogen and oxygen atoms in total. The lowest BCUT2D eigenvalue weighted by Crippen LogP contribution is -2.04. The molecule has 0 fully saturated rings. The molecule has 0 aliphatic heterocycles. The van der Waals surface area contributed by atoms with Gasteiger partial charge >= 0.3 is 5.97 Å². The summed E-state index contributed by atoms with van der Waals surface area (Å²) in [5.74, 6) is -1.22. The molecule has 0 saturated heterocycles. The van der Waals surface area contributed by atoms with Gasteiger partial charge in [-0.25, -0.2) is 4.79 Å². The summed E-state index contributed by atoms with van der Waals surface area (Å²) in [4.78, 5) is 20.7. The predicted octanol–water partition coefficient (Wildman–Crippen LogP) is 2.06. The van der Waals surface area contributed by atoms with Gasteiger partial charge in [-0.1, -0.05) is 15.9 Å². The predicted molar refractivity (Wildman–Crippen MR) is 57.4 cm³/mol. The standard InChI is InChI=1S/C9H5BrN2O4/c10-3-5-2-8(12(15)16)6(4-11)1-7(5)9(13)14/h1-2H,3H2,(H,13,14). The zero-order valence-electron chi connectivity index (χ0n) is 7.81. The topological polar surface area (TPSA) is 104 Å². The van der Waals surface area contributed by atoms with Gasteiger partial charge in [0.15, 0.2) is 0 Å². The van der Waals surface area contributed by atoms with Crippen LogP contribution < -0.4 is 0 Å². The van der Waals surface area contributed by atoms with Crippen molar-refractivity contribution < 1.29 is 14.8 Å². The third-order valence-electron chi connectivity index (χ3n) is 1.91. The SMILES string of the molecule is N#Cc1cc(C(=O)O)c(CBr)cc1[N+](=O)[O-]. The number of carbonyl (C=O) groups is 1. The summed E-state index contributed by atoms with van der Waals surface area (Å²) < 4.78 is 0. The summed E-state index contributed by atoms with van der Waals surface area (Å²) in [7, 11) is 0. The fraction of sp³-hybridized carbons (Fsp3) is 0.111. The first-order valence-corrected chi connectivity index (χ1v) is 5.14. The molecule has 0 amide bonds. The lowest BCUT2D eigenvalue weighted by atomic mass is 10.0. The van der Waals surface area contributed by atoms with Gasteiger partial charge in [-0.05, 0) is 11.6 Å². The number of nitrogens with zero attached hydrogens (tertiary/aromatic N) is 2. The van der Waals surface area contributed by atoms with E-state index < -0.39 is 10.9 Å². The Labute approximate surface area is 98.4 Å². The van der Waals surface area contributed by atoms with Gasteiger partial charge in [0.25, 0.3) is 5.69 Å². The number of nitro groups is 1. The molecule has 1 rings (SSSR count). The zero-order chi connectivity index (χ0) is 12.3. The fourth-order valence-corrected chi connectivity index (χ4v) is 1.65. The van der Waals surface area contributed by atoms with Crippen molar-refractivity contribution in [2.24, 2.45) is 0 Å². The quantitative estimate of drug-likeness (QED) is 0.520.